The largest absolute Gasteiger partial charge is 0.390 e. The zero-order valence-electron chi connectivity index (χ0n) is 20.3. The summed E-state index contributed by atoms with van der Waals surface area (Å²) in [5.41, 5.74) is 3.46. The SMILES string of the molecule is Cc1nc(NC2CCC2)nc(NC2CCC(C(C)(C)O)C2)c1-c1nc2c(C3CC3)nccc2s1. The first-order valence-electron chi connectivity index (χ1n) is 12.7. The third-order valence-electron chi connectivity index (χ3n) is 7.81. The van der Waals surface area contributed by atoms with E-state index >= 15 is 0 Å². The summed E-state index contributed by atoms with van der Waals surface area (Å²) >= 11 is 1.70. The molecule has 0 bridgehead atoms. The molecule has 3 aliphatic carbocycles. The predicted molar refractivity (Wildman–Crippen MR) is 137 cm³/mol. The van der Waals surface area contributed by atoms with Gasteiger partial charge >= 0.3 is 0 Å². The van der Waals surface area contributed by atoms with E-state index in [-0.39, 0.29) is 6.04 Å². The monoisotopic (exact) mass is 478 g/mol. The minimum Gasteiger partial charge on any atom is -0.390 e. The number of fused-ring (bicyclic) bond motifs is 1. The fraction of sp³-hybridized carbons (Fsp3) is 0.615. The molecule has 3 fully saturated rings. The molecule has 3 aliphatic rings. The molecule has 0 saturated heterocycles. The van der Waals surface area contributed by atoms with Crippen molar-refractivity contribution in [2.45, 2.75) is 95.7 Å². The number of aliphatic hydroxyl groups is 1. The summed E-state index contributed by atoms with van der Waals surface area (Å²) in [5.74, 6) is 2.40. The molecule has 8 heteroatoms. The molecule has 0 aromatic carbocycles. The van der Waals surface area contributed by atoms with Gasteiger partial charge in [0, 0.05) is 24.2 Å². The number of nitrogens with one attached hydrogen (secondary N) is 2. The summed E-state index contributed by atoms with van der Waals surface area (Å²) in [6.45, 7) is 5.91. The number of hydrogen-bond donors (Lipinski definition) is 3. The maximum Gasteiger partial charge on any atom is 0.225 e. The van der Waals surface area contributed by atoms with Gasteiger partial charge in [-0.1, -0.05) is 0 Å². The summed E-state index contributed by atoms with van der Waals surface area (Å²) in [7, 11) is 0. The molecule has 3 N–H and O–H groups in total. The Labute approximate surface area is 204 Å². The molecule has 2 unspecified atom stereocenters. The molecule has 0 radical (unpaired) electrons. The van der Waals surface area contributed by atoms with Gasteiger partial charge in [0.1, 0.15) is 16.3 Å². The highest BCUT2D eigenvalue weighted by Crippen LogP contribution is 2.45. The van der Waals surface area contributed by atoms with Crippen LogP contribution >= 0.6 is 11.3 Å². The van der Waals surface area contributed by atoms with E-state index in [0.717, 1.165) is 52.6 Å². The van der Waals surface area contributed by atoms with Gasteiger partial charge in [-0.05, 0) is 84.1 Å². The van der Waals surface area contributed by atoms with Crippen molar-refractivity contribution in [3.63, 3.8) is 0 Å². The van der Waals surface area contributed by atoms with Crippen molar-refractivity contribution in [1.82, 2.24) is 19.9 Å². The van der Waals surface area contributed by atoms with Crippen LogP contribution in [-0.4, -0.2) is 42.7 Å². The van der Waals surface area contributed by atoms with Crippen LogP contribution in [0.3, 0.4) is 0 Å². The lowest BCUT2D eigenvalue weighted by molar-refractivity contribution is 0.0197. The standard InChI is InChI=1S/C26H34N6OS/c1-14-20(24-31-22-19(34-24)11-12-27-21(22)15-7-8-15)23(32-25(28-14)30-17-5-4-6-17)29-18-10-9-16(13-18)26(2,3)33/h11-12,15-18,33H,4-10,13H2,1-3H3,(H2,28,29,30,32). The molecule has 3 saturated carbocycles. The second kappa shape index (κ2) is 8.41. The van der Waals surface area contributed by atoms with Crippen LogP contribution in [0.15, 0.2) is 12.3 Å². The first-order valence-corrected chi connectivity index (χ1v) is 13.6. The van der Waals surface area contributed by atoms with Crippen molar-refractivity contribution in [2.75, 3.05) is 10.6 Å². The highest BCUT2D eigenvalue weighted by molar-refractivity contribution is 7.21. The number of hydrogen-bond acceptors (Lipinski definition) is 8. The van der Waals surface area contributed by atoms with Crippen molar-refractivity contribution in [1.29, 1.82) is 0 Å². The summed E-state index contributed by atoms with van der Waals surface area (Å²) < 4.78 is 1.18. The number of aromatic nitrogens is 4. The topological polar surface area (TPSA) is 95.9 Å². The van der Waals surface area contributed by atoms with Gasteiger partial charge in [0.2, 0.25) is 5.95 Å². The Morgan fingerprint density at radius 1 is 1.00 bits per heavy atom. The second-order valence-corrected chi connectivity index (χ2v) is 12.0. The van der Waals surface area contributed by atoms with Crippen LogP contribution in [0.25, 0.3) is 20.8 Å². The molecule has 3 heterocycles. The van der Waals surface area contributed by atoms with E-state index in [9.17, 15) is 5.11 Å². The molecule has 180 valence electrons. The quantitative estimate of drug-likeness (QED) is 0.404. The highest BCUT2D eigenvalue weighted by atomic mass is 32.1. The zero-order valence-corrected chi connectivity index (χ0v) is 21.1. The molecule has 34 heavy (non-hydrogen) atoms. The molecular weight excluding hydrogens is 444 g/mol. The third kappa shape index (κ3) is 4.26. The van der Waals surface area contributed by atoms with E-state index in [1.54, 1.807) is 11.3 Å². The van der Waals surface area contributed by atoms with Gasteiger partial charge in [0.05, 0.1) is 27.3 Å². The number of thiazole rings is 1. The van der Waals surface area contributed by atoms with Crippen LogP contribution in [0.1, 0.15) is 82.5 Å². The van der Waals surface area contributed by atoms with Gasteiger partial charge in [-0.15, -0.1) is 11.3 Å². The lowest BCUT2D eigenvalue weighted by Gasteiger charge is -2.27. The number of nitrogens with zero attached hydrogens (tertiary/aromatic N) is 4. The average molecular weight is 479 g/mol. The average Bonchev–Trinajstić information content (AvgIpc) is 3.31. The normalized spacial score (nSPS) is 23.3. The summed E-state index contributed by atoms with van der Waals surface area (Å²) in [5, 5.41) is 18.8. The highest BCUT2D eigenvalue weighted by Gasteiger charge is 2.35. The van der Waals surface area contributed by atoms with Crippen molar-refractivity contribution < 1.29 is 5.11 Å². The first-order chi connectivity index (χ1) is 16.3. The van der Waals surface area contributed by atoms with Crippen LogP contribution in [0.5, 0.6) is 0 Å². The number of pyridine rings is 1. The third-order valence-corrected chi connectivity index (χ3v) is 8.85. The van der Waals surface area contributed by atoms with Crippen molar-refractivity contribution in [3.8, 4) is 10.6 Å². The Morgan fingerprint density at radius 3 is 2.50 bits per heavy atom. The van der Waals surface area contributed by atoms with Gasteiger partial charge in [-0.25, -0.2) is 9.97 Å². The Hall–Kier alpha value is -2.32. The van der Waals surface area contributed by atoms with E-state index in [4.69, 9.17) is 15.0 Å². The van der Waals surface area contributed by atoms with E-state index in [1.807, 2.05) is 20.0 Å². The van der Waals surface area contributed by atoms with Crippen molar-refractivity contribution in [3.05, 3.63) is 23.7 Å². The summed E-state index contributed by atoms with van der Waals surface area (Å²) in [6.07, 6.45) is 10.9. The first kappa shape index (κ1) is 22.2. The second-order valence-electron chi connectivity index (χ2n) is 11.0. The van der Waals surface area contributed by atoms with Gasteiger partial charge in [-0.3, -0.25) is 4.98 Å². The molecule has 6 rings (SSSR count). The Balaban J connectivity index is 1.37. The predicted octanol–water partition coefficient (Wildman–Crippen LogP) is 5.65. The zero-order chi connectivity index (χ0) is 23.4. The molecule has 0 aliphatic heterocycles. The van der Waals surface area contributed by atoms with E-state index < -0.39 is 5.60 Å². The van der Waals surface area contributed by atoms with E-state index in [0.29, 0.717) is 23.8 Å². The molecule has 0 amide bonds. The lowest BCUT2D eigenvalue weighted by atomic mass is 9.89. The van der Waals surface area contributed by atoms with E-state index in [1.165, 1.54) is 36.8 Å². The molecule has 0 spiro atoms. The number of anilines is 2. The molecular formula is C26H34N6OS. The number of rotatable bonds is 7. The van der Waals surface area contributed by atoms with Gasteiger partial charge < -0.3 is 15.7 Å². The molecule has 7 nitrogen and oxygen atoms in total. The Bertz CT molecular complexity index is 1210. The van der Waals surface area contributed by atoms with Crippen LogP contribution in [0.2, 0.25) is 0 Å². The van der Waals surface area contributed by atoms with Crippen LogP contribution in [-0.2, 0) is 0 Å². The maximum atomic E-state index is 10.5. The molecule has 3 aromatic heterocycles. The summed E-state index contributed by atoms with van der Waals surface area (Å²) in [6, 6.07) is 2.82. The van der Waals surface area contributed by atoms with E-state index in [2.05, 4.69) is 28.6 Å². The maximum absolute atomic E-state index is 10.5. The van der Waals surface area contributed by atoms with Crippen LogP contribution in [0.4, 0.5) is 11.8 Å². The van der Waals surface area contributed by atoms with Crippen molar-refractivity contribution in [2.24, 2.45) is 5.92 Å². The Morgan fingerprint density at radius 2 is 1.82 bits per heavy atom. The fourth-order valence-corrected chi connectivity index (χ4v) is 6.39. The van der Waals surface area contributed by atoms with Crippen LogP contribution in [0, 0.1) is 12.8 Å². The number of aryl methyl sites for hydroxylation is 1. The minimum absolute atomic E-state index is 0.277. The fourth-order valence-electron chi connectivity index (χ4n) is 5.32. The van der Waals surface area contributed by atoms with Crippen LogP contribution < -0.4 is 10.6 Å². The van der Waals surface area contributed by atoms with Gasteiger partial charge in [0.25, 0.3) is 0 Å². The van der Waals surface area contributed by atoms with Gasteiger partial charge in [0.15, 0.2) is 0 Å². The molecule has 2 atom stereocenters. The lowest BCUT2D eigenvalue weighted by Crippen LogP contribution is -2.30. The smallest absolute Gasteiger partial charge is 0.225 e. The molecule has 3 aromatic rings. The Kier molecular flexibility index (Phi) is 5.48. The van der Waals surface area contributed by atoms with Crippen molar-refractivity contribution >= 4 is 33.3 Å². The summed E-state index contributed by atoms with van der Waals surface area (Å²) in [4.78, 5) is 19.6. The van der Waals surface area contributed by atoms with Gasteiger partial charge in [-0.2, -0.15) is 4.98 Å². The minimum atomic E-state index is -0.656.